The summed E-state index contributed by atoms with van der Waals surface area (Å²) in [5, 5.41) is 9.77. The van der Waals surface area contributed by atoms with Crippen molar-refractivity contribution in [3.8, 4) is 0 Å². The molecule has 0 aromatic heterocycles. The number of hydrogen-bond donors (Lipinski definition) is 1. The number of rotatable bonds is 4. The first kappa shape index (κ1) is 15.8. The van der Waals surface area contributed by atoms with Crippen LogP contribution in [0.4, 0.5) is 0 Å². The molecule has 0 radical (unpaired) electrons. The minimum atomic E-state index is -0.599. The van der Waals surface area contributed by atoms with E-state index in [9.17, 15) is 9.90 Å². The van der Waals surface area contributed by atoms with Gasteiger partial charge in [0.1, 0.15) is 6.04 Å². The number of carbonyl (C=O) groups is 1. The summed E-state index contributed by atoms with van der Waals surface area (Å²) in [7, 11) is 0. The number of carboxylic acid groups (broad SMARTS) is 1. The van der Waals surface area contributed by atoms with Crippen LogP contribution in [0, 0.1) is 17.8 Å². The van der Waals surface area contributed by atoms with E-state index in [1.807, 2.05) is 0 Å². The molecule has 1 heterocycles. The van der Waals surface area contributed by atoms with Crippen molar-refractivity contribution in [3.05, 3.63) is 23.8 Å². The molecule has 3 rings (SSSR count). The summed E-state index contributed by atoms with van der Waals surface area (Å²) in [6.45, 7) is 4.19. The van der Waals surface area contributed by atoms with Crippen LogP contribution in [-0.4, -0.2) is 35.1 Å². The van der Waals surface area contributed by atoms with Gasteiger partial charge in [0.15, 0.2) is 0 Å². The van der Waals surface area contributed by atoms with Gasteiger partial charge in [0.25, 0.3) is 0 Å². The summed E-state index contributed by atoms with van der Waals surface area (Å²) in [4.78, 5) is 14.1. The molecule has 3 aliphatic rings. The number of carboxylic acids is 1. The van der Waals surface area contributed by atoms with E-state index in [0.29, 0.717) is 17.8 Å². The largest absolute Gasteiger partial charge is 0.480 e. The Morgan fingerprint density at radius 2 is 2.05 bits per heavy atom. The van der Waals surface area contributed by atoms with E-state index in [1.54, 1.807) is 0 Å². The van der Waals surface area contributed by atoms with Crippen molar-refractivity contribution in [2.45, 2.75) is 57.9 Å². The summed E-state index contributed by atoms with van der Waals surface area (Å²) in [5.74, 6) is 0.944. The van der Waals surface area contributed by atoms with Crippen molar-refractivity contribution in [3.63, 3.8) is 0 Å². The van der Waals surface area contributed by atoms with Crippen molar-refractivity contribution in [1.29, 1.82) is 0 Å². The average Bonchev–Trinajstić information content (AvgIpc) is 2.98. The molecule has 2 aliphatic carbocycles. The molecular weight excluding hydrogens is 274 g/mol. The minimum absolute atomic E-state index is 0.250. The van der Waals surface area contributed by atoms with E-state index in [0.717, 1.165) is 38.8 Å². The van der Waals surface area contributed by atoms with E-state index in [1.165, 1.54) is 24.8 Å². The second-order valence-electron chi connectivity index (χ2n) is 7.39. The van der Waals surface area contributed by atoms with Gasteiger partial charge in [0.05, 0.1) is 0 Å². The summed E-state index contributed by atoms with van der Waals surface area (Å²) in [5.41, 5.74) is 1.54. The molecule has 1 unspecified atom stereocenters. The molecule has 3 atom stereocenters. The molecule has 1 N–H and O–H groups in total. The molecule has 1 saturated heterocycles. The Bertz CT molecular complexity index is 462. The highest BCUT2D eigenvalue weighted by atomic mass is 16.4. The molecule has 1 saturated carbocycles. The van der Waals surface area contributed by atoms with E-state index >= 15 is 0 Å². The number of nitrogens with zero attached hydrogens (tertiary/aromatic N) is 1. The maximum absolute atomic E-state index is 11.9. The maximum Gasteiger partial charge on any atom is 0.321 e. The van der Waals surface area contributed by atoms with Gasteiger partial charge in [-0.05, 0) is 50.0 Å². The van der Waals surface area contributed by atoms with E-state index in [2.05, 4.69) is 30.1 Å². The third-order valence-corrected chi connectivity index (χ3v) is 5.92. The number of allylic oxidation sites excluding steroid dienone is 3. The lowest BCUT2D eigenvalue weighted by atomic mass is 9.82. The molecule has 3 heteroatoms. The van der Waals surface area contributed by atoms with Gasteiger partial charge < -0.3 is 5.11 Å². The summed E-state index contributed by atoms with van der Waals surface area (Å²) >= 11 is 0. The van der Waals surface area contributed by atoms with Gasteiger partial charge in [0.2, 0.25) is 0 Å². The van der Waals surface area contributed by atoms with Gasteiger partial charge in [0, 0.05) is 6.54 Å². The van der Waals surface area contributed by atoms with Gasteiger partial charge in [-0.3, -0.25) is 9.69 Å². The third kappa shape index (κ3) is 3.29. The van der Waals surface area contributed by atoms with Gasteiger partial charge >= 0.3 is 5.97 Å². The summed E-state index contributed by atoms with van der Waals surface area (Å²) in [6, 6.07) is -0.250. The fourth-order valence-electron chi connectivity index (χ4n) is 4.72. The standard InChI is InChI=1S/C19H29NO2/c1-14-7-5-6-10-17(14)16-11-12-20(13-16)18(19(21)22)15-8-3-2-4-9-15/h5-6,10,14-16,18H,2-4,7-9,11-13H2,1H3,(H,21,22)/t14?,16-,18-/m1/s1. The number of hydrogen-bond acceptors (Lipinski definition) is 2. The quantitative estimate of drug-likeness (QED) is 0.857. The van der Waals surface area contributed by atoms with Crippen LogP contribution in [0.2, 0.25) is 0 Å². The van der Waals surface area contributed by atoms with Crippen LogP contribution < -0.4 is 0 Å². The highest BCUT2D eigenvalue weighted by molar-refractivity contribution is 5.74. The van der Waals surface area contributed by atoms with Crippen LogP contribution in [-0.2, 0) is 4.79 Å². The zero-order valence-corrected chi connectivity index (χ0v) is 13.7. The minimum Gasteiger partial charge on any atom is -0.480 e. The Hall–Kier alpha value is -1.09. The molecule has 2 fully saturated rings. The van der Waals surface area contributed by atoms with Gasteiger partial charge in [-0.25, -0.2) is 0 Å². The lowest BCUT2D eigenvalue weighted by Crippen LogP contribution is -2.45. The molecule has 0 spiro atoms. The van der Waals surface area contributed by atoms with E-state index in [4.69, 9.17) is 0 Å². The van der Waals surface area contributed by atoms with Crippen molar-refractivity contribution in [1.82, 2.24) is 4.90 Å². The normalized spacial score (nSPS) is 32.0. The molecule has 122 valence electrons. The highest BCUT2D eigenvalue weighted by Crippen LogP contribution is 2.36. The Kier molecular flexibility index (Phi) is 5.02. The lowest BCUT2D eigenvalue weighted by Gasteiger charge is -2.34. The first-order valence-corrected chi connectivity index (χ1v) is 9.00. The van der Waals surface area contributed by atoms with E-state index in [-0.39, 0.29) is 6.04 Å². The van der Waals surface area contributed by atoms with Crippen molar-refractivity contribution < 1.29 is 9.90 Å². The highest BCUT2D eigenvalue weighted by Gasteiger charge is 2.39. The zero-order valence-electron chi connectivity index (χ0n) is 13.7. The number of aliphatic carboxylic acids is 1. The Morgan fingerprint density at radius 3 is 2.73 bits per heavy atom. The molecule has 0 amide bonds. The summed E-state index contributed by atoms with van der Waals surface area (Å²) in [6.07, 6.45) is 14.8. The predicted octanol–water partition coefficient (Wildman–Crippen LogP) is 3.86. The van der Waals surface area contributed by atoms with Crippen LogP contribution in [0.3, 0.4) is 0 Å². The van der Waals surface area contributed by atoms with Crippen molar-refractivity contribution >= 4 is 5.97 Å². The third-order valence-electron chi connectivity index (χ3n) is 5.92. The number of likely N-dealkylation sites (tertiary alicyclic amines) is 1. The zero-order chi connectivity index (χ0) is 15.5. The Balaban J connectivity index is 1.68. The van der Waals surface area contributed by atoms with Gasteiger partial charge in [-0.1, -0.05) is 50.0 Å². The van der Waals surface area contributed by atoms with Crippen LogP contribution in [0.15, 0.2) is 23.8 Å². The van der Waals surface area contributed by atoms with Crippen molar-refractivity contribution in [2.24, 2.45) is 17.8 Å². The fourth-order valence-corrected chi connectivity index (χ4v) is 4.72. The van der Waals surface area contributed by atoms with Crippen molar-refractivity contribution in [2.75, 3.05) is 13.1 Å². The van der Waals surface area contributed by atoms with Crippen LogP contribution in [0.1, 0.15) is 51.9 Å². The molecule has 0 bridgehead atoms. The molecule has 22 heavy (non-hydrogen) atoms. The molecule has 0 aromatic rings. The average molecular weight is 303 g/mol. The predicted molar refractivity (Wildman–Crippen MR) is 88.7 cm³/mol. The smallest absolute Gasteiger partial charge is 0.321 e. The monoisotopic (exact) mass is 303 g/mol. The summed E-state index contributed by atoms with van der Waals surface area (Å²) < 4.78 is 0. The fraction of sp³-hybridized carbons (Fsp3) is 0.737. The maximum atomic E-state index is 11.9. The van der Waals surface area contributed by atoms with E-state index < -0.39 is 5.97 Å². The van der Waals surface area contributed by atoms with Gasteiger partial charge in [-0.2, -0.15) is 0 Å². The molecular formula is C19H29NO2. The second kappa shape index (κ2) is 6.99. The Morgan fingerprint density at radius 1 is 1.27 bits per heavy atom. The first-order chi connectivity index (χ1) is 10.7. The van der Waals surface area contributed by atoms with Crippen LogP contribution >= 0.6 is 0 Å². The van der Waals surface area contributed by atoms with Crippen LogP contribution in [0.5, 0.6) is 0 Å². The lowest BCUT2D eigenvalue weighted by molar-refractivity contribution is -0.145. The molecule has 0 aromatic carbocycles. The topological polar surface area (TPSA) is 40.5 Å². The Labute approximate surface area is 134 Å². The molecule has 1 aliphatic heterocycles. The van der Waals surface area contributed by atoms with Gasteiger partial charge in [-0.15, -0.1) is 0 Å². The SMILES string of the molecule is CC1CC=CC=C1[C@@H]1CCN([C@@H](C(=O)O)C2CCCCC2)C1. The first-order valence-electron chi connectivity index (χ1n) is 9.00. The second-order valence-corrected chi connectivity index (χ2v) is 7.39. The van der Waals surface area contributed by atoms with Crippen LogP contribution in [0.25, 0.3) is 0 Å². The molecule has 3 nitrogen and oxygen atoms in total.